The van der Waals surface area contributed by atoms with E-state index in [-0.39, 0.29) is 68.6 Å². The SMILES string of the molecule is COc1ccc(C(=O)OCC(=O)O[C@@H](Cc2c(Cl)c[n+]([O-])cc2Cl)c2ccc(OC(F)F)c(OCC3CC3)c2)cc1NS(=O)(=O)CC(=O)OC(C)(C)C. The van der Waals surface area contributed by atoms with E-state index >= 15 is 0 Å². The van der Waals surface area contributed by atoms with Crippen molar-refractivity contribution in [1.82, 2.24) is 0 Å². The Bertz CT molecular complexity index is 1920. The van der Waals surface area contributed by atoms with Crippen LogP contribution in [0.4, 0.5) is 14.5 Å². The van der Waals surface area contributed by atoms with Crippen LogP contribution in [-0.2, 0) is 40.2 Å². The first-order valence-electron chi connectivity index (χ1n) is 15.9. The van der Waals surface area contributed by atoms with Gasteiger partial charge in [-0.1, -0.05) is 29.3 Å². The lowest BCUT2D eigenvalue weighted by molar-refractivity contribution is -0.605. The molecule has 1 N–H and O–H groups in total. The molecule has 1 aliphatic rings. The molecular formula is C34H36Cl2F2N2O12S. The lowest BCUT2D eigenvalue weighted by Crippen LogP contribution is -2.31. The van der Waals surface area contributed by atoms with Gasteiger partial charge >= 0.3 is 24.5 Å². The monoisotopic (exact) mass is 804 g/mol. The Kier molecular flexibility index (Phi) is 13.6. The zero-order valence-corrected chi connectivity index (χ0v) is 31.2. The zero-order valence-electron chi connectivity index (χ0n) is 28.9. The van der Waals surface area contributed by atoms with Crippen LogP contribution in [0.2, 0.25) is 10.0 Å². The van der Waals surface area contributed by atoms with Gasteiger partial charge in [0.1, 0.15) is 27.5 Å². The Balaban J connectivity index is 1.52. The minimum Gasteiger partial charge on any atom is -0.619 e. The molecule has 1 aliphatic carbocycles. The molecule has 0 bridgehead atoms. The second-order valence-corrected chi connectivity index (χ2v) is 15.3. The second-order valence-electron chi connectivity index (χ2n) is 12.8. The number of sulfonamides is 1. The molecule has 1 aromatic heterocycles. The molecule has 0 unspecified atom stereocenters. The molecule has 0 spiro atoms. The lowest BCUT2D eigenvalue weighted by Gasteiger charge is -2.21. The number of nitrogens with zero attached hydrogens (tertiary/aromatic N) is 1. The molecule has 0 amide bonds. The number of hydrogen-bond acceptors (Lipinski definition) is 12. The minimum absolute atomic E-state index is 0.00254. The van der Waals surface area contributed by atoms with Crippen LogP contribution in [0.1, 0.15) is 61.2 Å². The van der Waals surface area contributed by atoms with Gasteiger partial charge in [0.05, 0.1) is 25.0 Å². The number of pyridine rings is 1. The van der Waals surface area contributed by atoms with Crippen LogP contribution < -0.4 is 23.7 Å². The molecular weight excluding hydrogens is 769 g/mol. The Labute approximate surface area is 313 Å². The summed E-state index contributed by atoms with van der Waals surface area (Å²) in [5, 5.41) is 11.7. The highest BCUT2D eigenvalue weighted by atomic mass is 35.5. The Morgan fingerprint density at radius 1 is 1.00 bits per heavy atom. The van der Waals surface area contributed by atoms with E-state index in [1.165, 1.54) is 37.4 Å². The van der Waals surface area contributed by atoms with Gasteiger partial charge in [0.15, 0.2) is 36.3 Å². The highest BCUT2D eigenvalue weighted by Crippen LogP contribution is 2.38. The van der Waals surface area contributed by atoms with Crippen molar-refractivity contribution in [2.24, 2.45) is 5.92 Å². The van der Waals surface area contributed by atoms with Gasteiger partial charge in [0, 0.05) is 12.0 Å². The number of carbonyl (C=O) groups excluding carboxylic acids is 3. The maximum atomic E-state index is 13.2. The van der Waals surface area contributed by atoms with E-state index in [1.807, 2.05) is 0 Å². The molecule has 0 saturated heterocycles. The van der Waals surface area contributed by atoms with Crippen LogP contribution >= 0.6 is 23.2 Å². The average molecular weight is 806 g/mol. The van der Waals surface area contributed by atoms with E-state index in [2.05, 4.69) is 9.46 Å². The fourth-order valence-corrected chi connectivity index (χ4v) is 6.24. The zero-order chi connectivity index (χ0) is 39.1. The Morgan fingerprint density at radius 2 is 1.66 bits per heavy atom. The van der Waals surface area contributed by atoms with Crippen LogP contribution in [0, 0.1) is 11.1 Å². The van der Waals surface area contributed by atoms with Crippen LogP contribution in [0.5, 0.6) is 17.2 Å². The van der Waals surface area contributed by atoms with Crippen molar-refractivity contribution >= 4 is 56.8 Å². The predicted molar refractivity (Wildman–Crippen MR) is 186 cm³/mol. The first-order valence-corrected chi connectivity index (χ1v) is 18.3. The molecule has 4 rings (SSSR count). The summed E-state index contributed by atoms with van der Waals surface area (Å²) in [7, 11) is -3.07. The number of nitrogens with one attached hydrogen (secondary N) is 1. The normalized spacial score (nSPS) is 13.5. The van der Waals surface area contributed by atoms with Crippen LogP contribution in [0.3, 0.4) is 0 Å². The highest BCUT2D eigenvalue weighted by Gasteiger charge is 2.28. The van der Waals surface area contributed by atoms with Gasteiger partial charge < -0.3 is 33.6 Å². The Morgan fingerprint density at radius 3 is 2.26 bits per heavy atom. The van der Waals surface area contributed by atoms with Gasteiger partial charge in [-0.3, -0.25) is 9.52 Å². The van der Waals surface area contributed by atoms with Crippen molar-refractivity contribution in [3.8, 4) is 17.2 Å². The molecule has 1 fully saturated rings. The summed E-state index contributed by atoms with van der Waals surface area (Å²) in [6.07, 6.45) is 2.46. The van der Waals surface area contributed by atoms with E-state index in [0.29, 0.717) is 4.73 Å². The summed E-state index contributed by atoms with van der Waals surface area (Å²) in [6.45, 7) is 0.878. The van der Waals surface area contributed by atoms with E-state index in [9.17, 15) is 36.8 Å². The lowest BCUT2D eigenvalue weighted by atomic mass is 10.0. The molecule has 0 radical (unpaired) electrons. The van der Waals surface area contributed by atoms with Gasteiger partial charge in [0.25, 0.3) is 0 Å². The quantitative estimate of drug-likeness (QED) is 0.0752. The van der Waals surface area contributed by atoms with Gasteiger partial charge in [-0.25, -0.2) is 18.0 Å². The number of carbonyl (C=O) groups is 3. The third kappa shape index (κ3) is 12.8. The van der Waals surface area contributed by atoms with Gasteiger partial charge in [0.2, 0.25) is 10.0 Å². The molecule has 1 heterocycles. The molecule has 3 aromatic rings. The van der Waals surface area contributed by atoms with E-state index in [1.54, 1.807) is 20.8 Å². The average Bonchev–Trinajstić information content (AvgIpc) is 3.87. The molecule has 19 heteroatoms. The van der Waals surface area contributed by atoms with Crippen molar-refractivity contribution in [2.45, 2.75) is 58.4 Å². The van der Waals surface area contributed by atoms with Crippen LogP contribution in [0.25, 0.3) is 0 Å². The van der Waals surface area contributed by atoms with Gasteiger partial charge in [-0.2, -0.15) is 13.5 Å². The predicted octanol–water partition coefficient (Wildman–Crippen LogP) is 5.79. The first-order chi connectivity index (χ1) is 24.8. The summed E-state index contributed by atoms with van der Waals surface area (Å²) in [5.41, 5.74) is -0.889. The molecule has 1 saturated carbocycles. The number of ether oxygens (including phenoxy) is 6. The number of halogens is 4. The number of benzene rings is 2. The number of rotatable bonds is 17. The summed E-state index contributed by atoms with van der Waals surface area (Å²) >= 11 is 12.6. The molecule has 288 valence electrons. The summed E-state index contributed by atoms with van der Waals surface area (Å²) in [6, 6.07) is 7.51. The Hall–Kier alpha value is -4.61. The number of esters is 3. The smallest absolute Gasteiger partial charge is 0.387 e. The van der Waals surface area contributed by atoms with Crippen molar-refractivity contribution in [1.29, 1.82) is 0 Å². The van der Waals surface area contributed by atoms with E-state index < -0.39 is 58.6 Å². The van der Waals surface area contributed by atoms with E-state index in [4.69, 9.17) is 46.9 Å². The number of methoxy groups -OCH3 is 1. The van der Waals surface area contributed by atoms with Crippen molar-refractivity contribution < 1.29 is 64.7 Å². The second kappa shape index (κ2) is 17.5. The number of hydrogen-bond donors (Lipinski definition) is 1. The van der Waals surface area contributed by atoms with Crippen molar-refractivity contribution in [2.75, 3.05) is 30.8 Å². The maximum Gasteiger partial charge on any atom is 0.387 e. The van der Waals surface area contributed by atoms with Crippen LogP contribution in [-0.4, -0.2) is 64.6 Å². The van der Waals surface area contributed by atoms with Crippen LogP contribution in [0.15, 0.2) is 48.8 Å². The number of anilines is 1. The first kappa shape index (κ1) is 41.2. The standard InChI is InChI=1S/C34H36Cl2F2N2O12S/c1-34(2,3)52-31(42)18-53(45,46)39-25-11-21(8-9-26(25)47-4)32(43)49-17-30(41)50-28(13-22-23(35)14-40(44)15-24(22)36)20-7-10-27(51-33(37)38)29(12-20)48-16-19-5-6-19/h7-12,14-15,19,28,33,39H,5-6,13,16-18H2,1-4H3/t28-/m0/s1. The molecule has 14 nitrogen and oxygen atoms in total. The fraction of sp³-hybridized carbons (Fsp3) is 0.412. The van der Waals surface area contributed by atoms with Crippen molar-refractivity contribution in [3.05, 3.63) is 80.7 Å². The topological polar surface area (TPSA) is 180 Å². The minimum atomic E-state index is -4.32. The third-order valence-corrected chi connectivity index (χ3v) is 9.00. The molecule has 2 aromatic carbocycles. The summed E-state index contributed by atoms with van der Waals surface area (Å²) in [4.78, 5) is 38.2. The summed E-state index contributed by atoms with van der Waals surface area (Å²) < 4.78 is 85.7. The van der Waals surface area contributed by atoms with Gasteiger partial charge in [-0.05, 0) is 75.4 Å². The molecule has 1 atom stereocenters. The summed E-state index contributed by atoms with van der Waals surface area (Å²) in [5.74, 6) is -4.20. The van der Waals surface area contributed by atoms with Crippen molar-refractivity contribution in [3.63, 3.8) is 0 Å². The number of alkyl halides is 2. The number of aromatic nitrogens is 1. The fourth-order valence-electron chi connectivity index (χ4n) is 4.71. The largest absolute Gasteiger partial charge is 0.619 e. The third-order valence-electron chi connectivity index (χ3n) is 7.20. The maximum absolute atomic E-state index is 13.2. The highest BCUT2D eigenvalue weighted by molar-refractivity contribution is 7.93. The molecule has 0 aliphatic heterocycles. The van der Waals surface area contributed by atoms with Gasteiger partial charge in [-0.15, -0.1) is 0 Å². The van der Waals surface area contributed by atoms with E-state index in [0.717, 1.165) is 31.3 Å². The molecule has 53 heavy (non-hydrogen) atoms.